The molecule has 2 atom stereocenters. The molecule has 5 aliphatic rings. The molecule has 0 bridgehead atoms. The van der Waals surface area contributed by atoms with E-state index in [1.807, 2.05) is 25.1 Å². The largest absolute Gasteiger partial charge is 0.495 e. The minimum absolute atomic E-state index is 0.0133. The monoisotopic (exact) mass is 805 g/mol. The molecule has 2 N–H and O–H groups in total. The highest BCUT2D eigenvalue weighted by Crippen LogP contribution is 2.33. The molecule has 3 aromatic rings. The van der Waals surface area contributed by atoms with Crippen molar-refractivity contribution in [2.24, 2.45) is 5.92 Å². The average Bonchev–Trinajstić information content (AvgIpc) is 3.49. The van der Waals surface area contributed by atoms with Crippen LogP contribution in [0.4, 0.5) is 31.9 Å². The highest BCUT2D eigenvalue weighted by atomic mass is 19.1. The fourth-order valence-corrected chi connectivity index (χ4v) is 9.09. The number of fused-ring (bicyclic) bond motifs is 1. The van der Waals surface area contributed by atoms with Gasteiger partial charge in [-0.15, -0.1) is 0 Å². The van der Waals surface area contributed by atoms with Crippen molar-refractivity contribution in [2.45, 2.75) is 44.7 Å². The number of amides is 6. The minimum atomic E-state index is -0.990. The van der Waals surface area contributed by atoms with E-state index >= 15 is 4.39 Å². The van der Waals surface area contributed by atoms with Crippen molar-refractivity contribution < 1.29 is 33.1 Å². The number of urea groups is 1. The maximum Gasteiger partial charge on any atom is 0.321 e. The summed E-state index contributed by atoms with van der Waals surface area (Å²) in [5.74, 6) is -1.42. The first-order valence-corrected chi connectivity index (χ1v) is 20.3. The van der Waals surface area contributed by atoms with Crippen LogP contribution in [0, 0.1) is 23.1 Å². The summed E-state index contributed by atoms with van der Waals surface area (Å²) in [6.07, 6.45) is 2.06. The SMILES string of the molecule is COc1cc(N2CCN(C(=O)Nc3ccc(N4CCC(CN5CCN(c6ccc7c(c6)C(=O)N(C6CCC(=O)NC6=O)C7=O)CC5)CC4)c(F)c3)CC2C)ccc1C#N. The van der Waals surface area contributed by atoms with Crippen molar-refractivity contribution in [3.05, 3.63) is 77.1 Å². The van der Waals surface area contributed by atoms with E-state index in [2.05, 4.69) is 36.3 Å². The Morgan fingerprint density at radius 1 is 0.864 bits per heavy atom. The van der Waals surface area contributed by atoms with Crippen LogP contribution in [0.5, 0.6) is 5.75 Å². The predicted octanol–water partition coefficient (Wildman–Crippen LogP) is 3.89. The average molecular weight is 806 g/mol. The summed E-state index contributed by atoms with van der Waals surface area (Å²) in [6.45, 7) is 9.22. The lowest BCUT2D eigenvalue weighted by atomic mass is 9.95. The molecule has 0 spiro atoms. The number of ether oxygens (including phenoxy) is 1. The number of hydrogen-bond acceptors (Lipinski definition) is 11. The third-order valence-electron chi connectivity index (χ3n) is 12.4. The fraction of sp³-hybridized carbons (Fsp3) is 0.442. The standard InChI is InChI=1S/C43H48FN9O6/c1-27-25-51(19-20-52(27)32-5-3-29(24-45)38(23-32)59-2)43(58)46-30-4-8-36(35(44)21-30)50-13-11-28(12-14-50)26-48-15-17-49(18-16-48)31-6-7-33-34(22-31)42(57)53(41(33)56)37-9-10-39(54)47-40(37)55/h3-8,21-23,27-28,37H,9-20,25-26H2,1-2H3,(H,46,58)(H,47,54,55). The Balaban J connectivity index is 0.784. The Morgan fingerprint density at radius 3 is 2.31 bits per heavy atom. The summed E-state index contributed by atoms with van der Waals surface area (Å²) in [5.41, 5.74) is 3.74. The zero-order valence-electron chi connectivity index (χ0n) is 33.3. The molecule has 0 saturated carbocycles. The number of methoxy groups -OCH3 is 1. The highest BCUT2D eigenvalue weighted by molar-refractivity contribution is 6.23. The van der Waals surface area contributed by atoms with Crippen LogP contribution in [0.1, 0.15) is 58.9 Å². The third kappa shape index (κ3) is 7.99. The van der Waals surface area contributed by atoms with Crippen LogP contribution >= 0.6 is 0 Å². The van der Waals surface area contributed by atoms with E-state index in [1.54, 1.807) is 35.2 Å². The van der Waals surface area contributed by atoms with Gasteiger partial charge in [0.25, 0.3) is 11.8 Å². The maximum absolute atomic E-state index is 15.5. The molecule has 16 heteroatoms. The van der Waals surface area contributed by atoms with Gasteiger partial charge in [0, 0.05) is 101 Å². The predicted molar refractivity (Wildman–Crippen MR) is 218 cm³/mol. The zero-order chi connectivity index (χ0) is 41.4. The maximum atomic E-state index is 15.5. The number of piperazine rings is 2. The first-order valence-electron chi connectivity index (χ1n) is 20.3. The van der Waals surface area contributed by atoms with E-state index in [0.29, 0.717) is 48.2 Å². The topological polar surface area (TPSA) is 162 Å². The second kappa shape index (κ2) is 16.6. The van der Waals surface area contributed by atoms with Gasteiger partial charge in [-0.3, -0.25) is 34.3 Å². The number of benzene rings is 3. The third-order valence-corrected chi connectivity index (χ3v) is 12.4. The van der Waals surface area contributed by atoms with Crippen LogP contribution < -0.4 is 30.1 Å². The molecule has 5 heterocycles. The molecule has 0 aliphatic carbocycles. The van der Waals surface area contributed by atoms with Crippen LogP contribution in [-0.4, -0.2) is 129 Å². The summed E-state index contributed by atoms with van der Waals surface area (Å²) in [4.78, 5) is 75.4. The van der Waals surface area contributed by atoms with Crippen molar-refractivity contribution in [3.63, 3.8) is 0 Å². The number of nitrogens with zero attached hydrogens (tertiary/aromatic N) is 7. The van der Waals surface area contributed by atoms with E-state index < -0.39 is 29.7 Å². The van der Waals surface area contributed by atoms with Crippen LogP contribution in [-0.2, 0) is 9.59 Å². The summed E-state index contributed by atoms with van der Waals surface area (Å²) >= 11 is 0. The quantitative estimate of drug-likeness (QED) is 0.318. The van der Waals surface area contributed by atoms with Crippen LogP contribution in [0.25, 0.3) is 0 Å². The number of nitrogens with one attached hydrogen (secondary N) is 2. The molecule has 8 rings (SSSR count). The van der Waals surface area contributed by atoms with Crippen molar-refractivity contribution in [3.8, 4) is 11.8 Å². The lowest BCUT2D eigenvalue weighted by molar-refractivity contribution is -0.136. The van der Waals surface area contributed by atoms with E-state index in [-0.39, 0.29) is 41.9 Å². The smallest absolute Gasteiger partial charge is 0.321 e. The first-order chi connectivity index (χ1) is 28.5. The fourth-order valence-electron chi connectivity index (χ4n) is 9.09. The molecule has 0 aromatic heterocycles. The normalized spacial score (nSPS) is 21.7. The molecule has 2 unspecified atom stereocenters. The Labute approximate surface area is 342 Å². The number of carbonyl (C=O) groups is 5. The lowest BCUT2D eigenvalue weighted by Crippen LogP contribution is -2.54. The van der Waals surface area contributed by atoms with Crippen LogP contribution in [0.15, 0.2) is 54.6 Å². The number of halogens is 1. The van der Waals surface area contributed by atoms with Gasteiger partial charge in [-0.1, -0.05) is 0 Å². The lowest BCUT2D eigenvalue weighted by Gasteiger charge is -2.41. The molecule has 5 aliphatic heterocycles. The highest BCUT2D eigenvalue weighted by Gasteiger charge is 2.45. The second-order valence-electron chi connectivity index (χ2n) is 16.0. The molecule has 4 fully saturated rings. The molecule has 4 saturated heterocycles. The van der Waals surface area contributed by atoms with Gasteiger partial charge in [0.2, 0.25) is 11.8 Å². The van der Waals surface area contributed by atoms with Crippen molar-refractivity contribution in [1.82, 2.24) is 20.0 Å². The Hall–Kier alpha value is -6.21. The molecular formula is C43H48FN9O6. The molecule has 15 nitrogen and oxygen atoms in total. The van der Waals surface area contributed by atoms with E-state index in [4.69, 9.17) is 4.74 Å². The molecule has 308 valence electrons. The number of anilines is 4. The number of hydrogen-bond donors (Lipinski definition) is 2. The van der Waals surface area contributed by atoms with Gasteiger partial charge in [0.15, 0.2) is 0 Å². The van der Waals surface area contributed by atoms with Crippen LogP contribution in [0.2, 0.25) is 0 Å². The molecule has 59 heavy (non-hydrogen) atoms. The number of imide groups is 2. The van der Waals surface area contributed by atoms with Crippen molar-refractivity contribution >= 4 is 52.4 Å². The van der Waals surface area contributed by atoms with Crippen LogP contribution in [0.3, 0.4) is 0 Å². The molecule has 0 radical (unpaired) electrons. The van der Waals surface area contributed by atoms with Crippen molar-refractivity contribution in [1.29, 1.82) is 5.26 Å². The van der Waals surface area contributed by atoms with Gasteiger partial charge in [0.05, 0.1) is 29.5 Å². The van der Waals surface area contributed by atoms with Gasteiger partial charge < -0.3 is 29.7 Å². The van der Waals surface area contributed by atoms with Gasteiger partial charge in [0.1, 0.15) is 23.7 Å². The van der Waals surface area contributed by atoms with Gasteiger partial charge in [-0.2, -0.15) is 5.26 Å². The number of nitriles is 1. The van der Waals surface area contributed by atoms with E-state index in [0.717, 1.165) is 74.9 Å². The second-order valence-corrected chi connectivity index (χ2v) is 16.0. The molecular weight excluding hydrogens is 758 g/mol. The van der Waals surface area contributed by atoms with Gasteiger partial charge in [-0.05, 0) is 80.6 Å². The first kappa shape index (κ1) is 39.6. The zero-order valence-corrected chi connectivity index (χ0v) is 33.3. The Kier molecular flexibility index (Phi) is 11.1. The Morgan fingerprint density at radius 2 is 1.61 bits per heavy atom. The number of piperidine rings is 2. The molecule has 6 amide bonds. The van der Waals surface area contributed by atoms with E-state index in [9.17, 15) is 29.2 Å². The van der Waals surface area contributed by atoms with Crippen molar-refractivity contribution in [2.75, 3.05) is 92.6 Å². The summed E-state index contributed by atoms with van der Waals surface area (Å²) < 4.78 is 20.9. The van der Waals surface area contributed by atoms with Gasteiger partial charge in [-0.25, -0.2) is 9.18 Å². The summed E-state index contributed by atoms with van der Waals surface area (Å²) in [5, 5.41) is 14.4. The number of carbonyl (C=O) groups excluding carboxylic acids is 5. The molecule has 3 aromatic carbocycles. The summed E-state index contributed by atoms with van der Waals surface area (Å²) in [7, 11) is 1.54. The minimum Gasteiger partial charge on any atom is -0.495 e. The Bertz CT molecular complexity index is 2210. The summed E-state index contributed by atoms with van der Waals surface area (Å²) in [6, 6.07) is 16.5. The number of rotatable bonds is 8. The van der Waals surface area contributed by atoms with Gasteiger partial charge >= 0.3 is 6.03 Å². The van der Waals surface area contributed by atoms with E-state index in [1.165, 1.54) is 13.2 Å².